The predicted molar refractivity (Wildman–Crippen MR) is 139 cm³/mol. The van der Waals surface area contributed by atoms with Gasteiger partial charge in [0.15, 0.2) is 11.0 Å². The molecule has 1 saturated heterocycles. The maximum Gasteiger partial charge on any atom is 0.269 e. The van der Waals surface area contributed by atoms with Crippen LogP contribution in [-0.4, -0.2) is 42.0 Å². The molecule has 1 saturated carbocycles. The summed E-state index contributed by atoms with van der Waals surface area (Å²) in [7, 11) is 3.65. The molecule has 8 heteroatoms. The Morgan fingerprint density at radius 1 is 1.09 bits per heavy atom. The molecule has 3 aliphatic rings. The minimum Gasteiger partial charge on any atom is -0.497 e. The highest BCUT2D eigenvalue weighted by Gasteiger charge is 2.42. The molecule has 34 heavy (non-hydrogen) atoms. The van der Waals surface area contributed by atoms with Crippen molar-refractivity contribution in [2.75, 3.05) is 19.1 Å². The second-order valence-electron chi connectivity index (χ2n) is 8.70. The smallest absolute Gasteiger partial charge is 0.269 e. The fourth-order valence-electron chi connectivity index (χ4n) is 4.61. The summed E-state index contributed by atoms with van der Waals surface area (Å²) in [6, 6.07) is 13.4. The zero-order valence-electron chi connectivity index (χ0n) is 19.5. The van der Waals surface area contributed by atoms with E-state index in [2.05, 4.69) is 4.90 Å². The monoisotopic (exact) mass is 493 g/mol. The molecule has 1 aliphatic carbocycles. The molecule has 0 radical (unpaired) electrons. The van der Waals surface area contributed by atoms with Crippen LogP contribution in [0.25, 0.3) is 0 Å². The molecule has 0 atom stereocenters. The van der Waals surface area contributed by atoms with Crippen LogP contribution in [-0.2, 0) is 4.79 Å². The van der Waals surface area contributed by atoms with Crippen molar-refractivity contribution in [2.45, 2.75) is 50.0 Å². The van der Waals surface area contributed by atoms with E-state index in [1.54, 1.807) is 37.9 Å². The average Bonchev–Trinajstić information content (AvgIpc) is 3.35. The summed E-state index contributed by atoms with van der Waals surface area (Å²) in [5, 5.41) is 1.62. The second-order valence-corrected chi connectivity index (χ2v) is 10.7. The second kappa shape index (κ2) is 9.50. The number of methoxy groups -OCH3 is 1. The molecular weight excluding hydrogens is 466 g/mol. The van der Waals surface area contributed by atoms with Crippen LogP contribution in [0.3, 0.4) is 0 Å². The fourth-order valence-corrected chi connectivity index (χ4v) is 7.00. The molecule has 0 bridgehead atoms. The first-order valence-corrected chi connectivity index (χ1v) is 13.1. The zero-order valence-corrected chi connectivity index (χ0v) is 21.2. The number of carbonyl (C=O) groups excluding carboxylic acids is 2. The van der Waals surface area contributed by atoms with E-state index >= 15 is 0 Å². The summed E-state index contributed by atoms with van der Waals surface area (Å²) in [6.45, 7) is 1.55. The number of hydrogen-bond donors (Lipinski definition) is 0. The van der Waals surface area contributed by atoms with Crippen LogP contribution >= 0.6 is 23.5 Å². The molecule has 2 heterocycles. The zero-order chi connectivity index (χ0) is 23.8. The number of nitrogens with zero attached hydrogens (tertiary/aromatic N) is 3. The number of fused-ring (bicyclic) bond motifs is 1. The third-order valence-electron chi connectivity index (χ3n) is 6.46. The maximum atomic E-state index is 13.8. The number of amides is 1. The van der Waals surface area contributed by atoms with Crippen LogP contribution < -0.4 is 9.64 Å². The van der Waals surface area contributed by atoms with E-state index in [-0.39, 0.29) is 17.7 Å². The summed E-state index contributed by atoms with van der Waals surface area (Å²) in [6.07, 6.45) is 5.43. The van der Waals surface area contributed by atoms with Crippen molar-refractivity contribution in [1.82, 2.24) is 4.90 Å². The molecule has 2 aromatic rings. The number of anilines is 1. The van der Waals surface area contributed by atoms with Crippen LogP contribution in [0.15, 0.2) is 62.3 Å². The lowest BCUT2D eigenvalue weighted by Crippen LogP contribution is -2.40. The molecule has 2 aliphatic heterocycles. The van der Waals surface area contributed by atoms with E-state index < -0.39 is 0 Å². The fraction of sp³-hybridized carbons (Fsp3) is 0.346. The average molecular weight is 494 g/mol. The van der Waals surface area contributed by atoms with E-state index in [9.17, 15) is 9.59 Å². The standard InChI is InChI=1S/C26H27N3O3S2/c1-16(30)17-8-7-9-18(14-17)27-26-29(19-10-5-4-6-11-19)24(31)23(34-26)25-28(2)21-15-20(32-3)12-13-22(21)33-25/h7-9,12-15,19H,4-6,10-11H2,1-3H3/b25-23-,27-26?. The van der Waals surface area contributed by atoms with E-state index in [1.165, 1.54) is 18.2 Å². The molecule has 1 amide bonds. The van der Waals surface area contributed by atoms with Crippen molar-refractivity contribution < 1.29 is 14.3 Å². The Morgan fingerprint density at radius 3 is 2.62 bits per heavy atom. The van der Waals surface area contributed by atoms with Gasteiger partial charge < -0.3 is 9.64 Å². The quantitative estimate of drug-likeness (QED) is 0.373. The van der Waals surface area contributed by atoms with Crippen LogP contribution in [0.4, 0.5) is 11.4 Å². The van der Waals surface area contributed by atoms with Gasteiger partial charge in [-0.25, -0.2) is 4.99 Å². The van der Waals surface area contributed by atoms with E-state index in [1.807, 2.05) is 42.3 Å². The molecule has 2 fully saturated rings. The number of benzene rings is 2. The van der Waals surface area contributed by atoms with Gasteiger partial charge in [0, 0.05) is 29.6 Å². The molecule has 5 rings (SSSR count). The third-order valence-corrected chi connectivity index (χ3v) is 8.87. The summed E-state index contributed by atoms with van der Waals surface area (Å²) in [5.41, 5.74) is 2.34. The summed E-state index contributed by atoms with van der Waals surface area (Å²) in [5.74, 6) is 0.813. The molecule has 0 unspecified atom stereocenters. The number of aliphatic imine (C=N–C) groups is 1. The Balaban J connectivity index is 1.55. The van der Waals surface area contributed by atoms with Crippen LogP contribution in [0.2, 0.25) is 0 Å². The number of amidine groups is 1. The first kappa shape index (κ1) is 23.1. The van der Waals surface area contributed by atoms with Gasteiger partial charge in [0.25, 0.3) is 5.91 Å². The molecule has 0 spiro atoms. The molecular formula is C26H27N3O3S2. The molecule has 0 aromatic heterocycles. The summed E-state index contributed by atoms with van der Waals surface area (Å²) >= 11 is 3.05. The van der Waals surface area contributed by atoms with Gasteiger partial charge in [-0.1, -0.05) is 43.2 Å². The SMILES string of the molecule is COc1ccc2c(c1)N(C)/C(=C1/SC(=Nc3cccc(C(C)=O)c3)N(C3CCCCC3)C1=O)S2. The lowest BCUT2D eigenvalue weighted by atomic mass is 9.94. The minimum absolute atomic E-state index is 0.00122. The van der Waals surface area contributed by atoms with Crippen molar-refractivity contribution in [3.05, 3.63) is 58.0 Å². The largest absolute Gasteiger partial charge is 0.497 e. The van der Waals surface area contributed by atoms with Gasteiger partial charge >= 0.3 is 0 Å². The van der Waals surface area contributed by atoms with Crippen LogP contribution in [0.1, 0.15) is 49.4 Å². The van der Waals surface area contributed by atoms with Gasteiger partial charge in [0.2, 0.25) is 0 Å². The van der Waals surface area contributed by atoms with Gasteiger partial charge in [-0.2, -0.15) is 0 Å². The van der Waals surface area contributed by atoms with Crippen molar-refractivity contribution in [3.63, 3.8) is 0 Å². The van der Waals surface area contributed by atoms with Crippen molar-refractivity contribution >= 4 is 51.8 Å². The molecule has 6 nitrogen and oxygen atoms in total. The number of ether oxygens (including phenoxy) is 1. The Hall–Kier alpha value is -2.71. The van der Waals surface area contributed by atoms with Gasteiger partial charge in [0.1, 0.15) is 10.7 Å². The number of rotatable bonds is 4. The minimum atomic E-state index is 0.00122. The van der Waals surface area contributed by atoms with E-state index in [4.69, 9.17) is 9.73 Å². The van der Waals surface area contributed by atoms with Crippen molar-refractivity contribution in [3.8, 4) is 5.75 Å². The Kier molecular flexibility index (Phi) is 6.44. The van der Waals surface area contributed by atoms with Gasteiger partial charge in [0.05, 0.1) is 23.5 Å². The lowest BCUT2D eigenvalue weighted by Gasteiger charge is -2.30. The Labute approximate surface area is 208 Å². The number of ketones is 1. The first-order valence-electron chi connectivity index (χ1n) is 11.5. The van der Waals surface area contributed by atoms with Gasteiger partial charge in [-0.15, -0.1) is 0 Å². The van der Waals surface area contributed by atoms with Gasteiger partial charge in [-0.3, -0.25) is 14.5 Å². The number of thioether (sulfide) groups is 2. The van der Waals surface area contributed by atoms with Crippen molar-refractivity contribution in [1.29, 1.82) is 0 Å². The predicted octanol–water partition coefficient (Wildman–Crippen LogP) is 6.20. The maximum absolute atomic E-state index is 13.8. The normalized spacial score (nSPS) is 22.0. The summed E-state index contributed by atoms with van der Waals surface area (Å²) < 4.78 is 5.40. The Bertz CT molecular complexity index is 1220. The Morgan fingerprint density at radius 2 is 1.88 bits per heavy atom. The third kappa shape index (κ3) is 4.25. The lowest BCUT2D eigenvalue weighted by molar-refractivity contribution is -0.124. The molecule has 176 valence electrons. The summed E-state index contributed by atoms with van der Waals surface area (Å²) in [4.78, 5) is 36.4. The molecule has 2 aromatic carbocycles. The van der Waals surface area contributed by atoms with E-state index in [0.717, 1.165) is 47.0 Å². The van der Waals surface area contributed by atoms with Gasteiger partial charge in [-0.05, 0) is 55.8 Å². The van der Waals surface area contributed by atoms with Crippen LogP contribution in [0, 0.1) is 0 Å². The highest BCUT2D eigenvalue weighted by Crippen LogP contribution is 2.51. The number of carbonyl (C=O) groups is 2. The number of hydrogen-bond acceptors (Lipinski definition) is 7. The van der Waals surface area contributed by atoms with Crippen LogP contribution in [0.5, 0.6) is 5.75 Å². The number of Topliss-reactive ketones (excluding diaryl/α,β-unsaturated/α-hetero) is 1. The topological polar surface area (TPSA) is 62.2 Å². The highest BCUT2D eigenvalue weighted by atomic mass is 32.2. The van der Waals surface area contributed by atoms with Crippen molar-refractivity contribution in [2.24, 2.45) is 4.99 Å². The van der Waals surface area contributed by atoms with E-state index in [0.29, 0.717) is 21.3 Å². The molecule has 0 N–H and O–H groups in total. The first-order chi connectivity index (χ1) is 16.5. The highest BCUT2D eigenvalue weighted by molar-refractivity contribution is 8.19.